The number of fused-ring (bicyclic) bond motifs is 2. The molecule has 1 atom stereocenters. The van der Waals surface area contributed by atoms with E-state index in [4.69, 9.17) is 4.74 Å². The summed E-state index contributed by atoms with van der Waals surface area (Å²) in [6, 6.07) is 14.6. The van der Waals surface area contributed by atoms with Crippen LogP contribution in [0.3, 0.4) is 0 Å². The zero-order valence-electron chi connectivity index (χ0n) is 21.0. The molecule has 2 aliphatic heterocycles. The van der Waals surface area contributed by atoms with Gasteiger partial charge in [0.05, 0.1) is 12.2 Å². The van der Waals surface area contributed by atoms with E-state index in [-0.39, 0.29) is 17.9 Å². The third kappa shape index (κ3) is 4.16. The first-order valence-corrected chi connectivity index (χ1v) is 12.5. The number of ether oxygens (including phenoxy) is 1. The highest BCUT2D eigenvalue weighted by molar-refractivity contribution is 6.02. The molecule has 3 aromatic rings. The molecular formula is C29H33N3O3. The van der Waals surface area contributed by atoms with Crippen LogP contribution in [0.5, 0.6) is 0 Å². The van der Waals surface area contributed by atoms with E-state index in [0.717, 1.165) is 42.9 Å². The highest BCUT2D eigenvalue weighted by Gasteiger charge is 2.31. The highest BCUT2D eigenvalue weighted by atomic mass is 16.5. The molecule has 3 heterocycles. The van der Waals surface area contributed by atoms with Crippen molar-refractivity contribution in [3.05, 3.63) is 81.5 Å². The molecule has 6 heteroatoms. The molecule has 2 aliphatic rings. The van der Waals surface area contributed by atoms with Gasteiger partial charge in [-0.25, -0.2) is 4.79 Å². The lowest BCUT2D eigenvalue weighted by molar-refractivity contribution is 0.0525. The van der Waals surface area contributed by atoms with Gasteiger partial charge < -0.3 is 19.5 Å². The van der Waals surface area contributed by atoms with Crippen molar-refractivity contribution >= 4 is 11.9 Å². The number of esters is 1. The van der Waals surface area contributed by atoms with Gasteiger partial charge in [0, 0.05) is 48.7 Å². The summed E-state index contributed by atoms with van der Waals surface area (Å²) in [5.74, 6) is -0.296. The van der Waals surface area contributed by atoms with Gasteiger partial charge in [0.2, 0.25) is 0 Å². The SMILES string of the molecule is CCOC(=O)c1cc(-c2cc3c(cc2C(=O)N2Cc4ccccc4CC2C)CNCC3)n(C)c1C. The predicted molar refractivity (Wildman–Crippen MR) is 136 cm³/mol. The molecule has 1 unspecified atom stereocenters. The fourth-order valence-electron chi connectivity index (χ4n) is 5.40. The summed E-state index contributed by atoms with van der Waals surface area (Å²) in [5, 5.41) is 3.43. The second-order valence-electron chi connectivity index (χ2n) is 9.66. The number of nitrogens with zero attached hydrogens (tertiary/aromatic N) is 2. The van der Waals surface area contributed by atoms with Crippen LogP contribution in [-0.4, -0.2) is 40.5 Å². The molecule has 6 nitrogen and oxygen atoms in total. The summed E-state index contributed by atoms with van der Waals surface area (Å²) >= 11 is 0. The second-order valence-corrected chi connectivity index (χ2v) is 9.66. The standard InChI is InChI=1S/C29H33N3O3/c1-5-35-29(34)24-15-27(31(4)19(24)3)25-13-21-10-11-30-16-23(21)14-26(25)28(33)32-17-22-9-7-6-8-20(22)12-18(32)2/h6-9,13-15,18,30H,5,10-12,16-17H2,1-4H3. The number of nitrogens with one attached hydrogen (secondary N) is 1. The van der Waals surface area contributed by atoms with Gasteiger partial charge in [0.15, 0.2) is 0 Å². The van der Waals surface area contributed by atoms with E-state index in [1.54, 1.807) is 0 Å². The van der Waals surface area contributed by atoms with E-state index in [1.165, 1.54) is 22.3 Å². The molecule has 0 aliphatic carbocycles. The average molecular weight is 472 g/mol. The first-order chi connectivity index (χ1) is 16.9. The number of rotatable bonds is 4. The largest absolute Gasteiger partial charge is 0.462 e. The number of benzene rings is 2. The fraction of sp³-hybridized carbons (Fsp3) is 0.379. The van der Waals surface area contributed by atoms with E-state index in [0.29, 0.717) is 24.3 Å². The topological polar surface area (TPSA) is 63.6 Å². The molecule has 182 valence electrons. The molecule has 0 bridgehead atoms. The van der Waals surface area contributed by atoms with Crippen molar-refractivity contribution in [2.24, 2.45) is 7.05 Å². The molecule has 1 aromatic heterocycles. The van der Waals surface area contributed by atoms with Crippen LogP contribution in [0.15, 0.2) is 42.5 Å². The van der Waals surface area contributed by atoms with E-state index < -0.39 is 0 Å². The fourth-order valence-corrected chi connectivity index (χ4v) is 5.40. The van der Waals surface area contributed by atoms with Crippen molar-refractivity contribution in [1.82, 2.24) is 14.8 Å². The number of hydrogen-bond acceptors (Lipinski definition) is 4. The second kappa shape index (κ2) is 9.34. The van der Waals surface area contributed by atoms with Crippen LogP contribution >= 0.6 is 0 Å². The maximum atomic E-state index is 14.1. The monoisotopic (exact) mass is 471 g/mol. The number of carbonyl (C=O) groups is 2. The average Bonchev–Trinajstić information content (AvgIpc) is 3.16. The lowest BCUT2D eigenvalue weighted by Crippen LogP contribution is -2.43. The first-order valence-electron chi connectivity index (χ1n) is 12.5. The number of carbonyl (C=O) groups excluding carboxylic acids is 2. The third-order valence-electron chi connectivity index (χ3n) is 7.53. The number of hydrogen-bond donors (Lipinski definition) is 1. The molecule has 0 radical (unpaired) electrons. The van der Waals surface area contributed by atoms with Crippen molar-refractivity contribution in [1.29, 1.82) is 0 Å². The van der Waals surface area contributed by atoms with Gasteiger partial charge in [-0.15, -0.1) is 0 Å². The van der Waals surface area contributed by atoms with Gasteiger partial charge in [0.25, 0.3) is 5.91 Å². The van der Waals surface area contributed by atoms with Crippen LogP contribution in [0, 0.1) is 6.92 Å². The zero-order chi connectivity index (χ0) is 24.7. The van der Waals surface area contributed by atoms with E-state index >= 15 is 0 Å². The minimum atomic E-state index is -0.330. The molecule has 35 heavy (non-hydrogen) atoms. The van der Waals surface area contributed by atoms with Crippen molar-refractivity contribution in [3.63, 3.8) is 0 Å². The molecular weight excluding hydrogens is 438 g/mol. The summed E-state index contributed by atoms with van der Waals surface area (Å²) in [5.41, 5.74) is 8.75. The maximum absolute atomic E-state index is 14.1. The first kappa shape index (κ1) is 23.4. The van der Waals surface area contributed by atoms with Crippen LogP contribution in [0.25, 0.3) is 11.3 Å². The number of aromatic nitrogens is 1. The molecule has 1 amide bonds. The number of amides is 1. The lowest BCUT2D eigenvalue weighted by atomic mass is 9.90. The van der Waals surface area contributed by atoms with Crippen molar-refractivity contribution in [2.45, 2.75) is 52.7 Å². The summed E-state index contributed by atoms with van der Waals surface area (Å²) in [4.78, 5) is 28.7. The Bertz CT molecular complexity index is 1310. The van der Waals surface area contributed by atoms with Crippen LogP contribution in [0.2, 0.25) is 0 Å². The van der Waals surface area contributed by atoms with Crippen molar-refractivity contribution < 1.29 is 14.3 Å². The van der Waals surface area contributed by atoms with Crippen LogP contribution in [-0.2, 0) is 37.7 Å². The predicted octanol–water partition coefficient (Wildman–Crippen LogP) is 4.41. The Morgan fingerprint density at radius 3 is 2.60 bits per heavy atom. The van der Waals surface area contributed by atoms with Gasteiger partial charge >= 0.3 is 5.97 Å². The summed E-state index contributed by atoms with van der Waals surface area (Å²) in [7, 11) is 1.95. The Morgan fingerprint density at radius 1 is 1.06 bits per heavy atom. The molecule has 0 spiro atoms. The van der Waals surface area contributed by atoms with E-state index in [1.807, 2.05) is 42.5 Å². The van der Waals surface area contributed by atoms with E-state index in [9.17, 15) is 9.59 Å². The Hall–Kier alpha value is -3.38. The van der Waals surface area contributed by atoms with Gasteiger partial charge in [0.1, 0.15) is 0 Å². The molecule has 0 saturated carbocycles. The smallest absolute Gasteiger partial charge is 0.339 e. The molecule has 0 fully saturated rings. The van der Waals surface area contributed by atoms with Crippen LogP contribution in [0.1, 0.15) is 62.5 Å². The maximum Gasteiger partial charge on any atom is 0.339 e. The Labute approximate surface area is 206 Å². The Morgan fingerprint density at radius 2 is 1.83 bits per heavy atom. The van der Waals surface area contributed by atoms with Gasteiger partial charge in [-0.1, -0.05) is 24.3 Å². The summed E-state index contributed by atoms with van der Waals surface area (Å²) < 4.78 is 7.29. The van der Waals surface area contributed by atoms with Crippen molar-refractivity contribution in [2.75, 3.05) is 13.2 Å². The third-order valence-corrected chi connectivity index (χ3v) is 7.53. The highest BCUT2D eigenvalue weighted by Crippen LogP contribution is 2.34. The molecule has 0 saturated heterocycles. The Balaban J connectivity index is 1.62. The minimum absolute atomic E-state index is 0.0342. The summed E-state index contributed by atoms with van der Waals surface area (Å²) in [6.45, 7) is 8.46. The van der Waals surface area contributed by atoms with Gasteiger partial charge in [-0.2, -0.15) is 0 Å². The van der Waals surface area contributed by atoms with Crippen LogP contribution in [0.4, 0.5) is 0 Å². The van der Waals surface area contributed by atoms with Gasteiger partial charge in [-0.05, 0) is 80.6 Å². The lowest BCUT2D eigenvalue weighted by Gasteiger charge is -2.35. The van der Waals surface area contributed by atoms with Crippen molar-refractivity contribution in [3.8, 4) is 11.3 Å². The van der Waals surface area contributed by atoms with Crippen LogP contribution < -0.4 is 5.32 Å². The zero-order valence-corrected chi connectivity index (χ0v) is 21.0. The molecule has 1 N–H and O–H groups in total. The molecule has 2 aromatic carbocycles. The van der Waals surface area contributed by atoms with E-state index in [2.05, 4.69) is 42.6 Å². The normalized spacial score (nSPS) is 17.0. The Kier molecular flexibility index (Phi) is 6.24. The van der Waals surface area contributed by atoms with Gasteiger partial charge in [-0.3, -0.25) is 4.79 Å². The summed E-state index contributed by atoms with van der Waals surface area (Å²) in [6.07, 6.45) is 1.76. The molecule has 5 rings (SSSR count). The minimum Gasteiger partial charge on any atom is -0.462 e. The quantitative estimate of drug-likeness (QED) is 0.573.